The summed E-state index contributed by atoms with van der Waals surface area (Å²) in [7, 11) is 0. The molecule has 1 aliphatic carbocycles. The Morgan fingerprint density at radius 3 is 2.00 bits per heavy atom. The molecule has 0 bridgehead atoms. The molecule has 5 nitrogen and oxygen atoms in total. The predicted octanol–water partition coefficient (Wildman–Crippen LogP) is 7.93. The summed E-state index contributed by atoms with van der Waals surface area (Å²) in [4.78, 5) is 31.5. The fraction of sp³-hybridized carbons (Fsp3) is 0.378. The molecule has 42 heavy (non-hydrogen) atoms. The Hall–Kier alpha value is -3.99. The van der Waals surface area contributed by atoms with E-state index >= 15 is 0 Å². The standard InChI is InChI=1S/C37H43NO4/c1-6-41-36(40)32(38-34(28-16-10-7-11-17-28)29-18-12-8-13-19-29)25-27(3)35(39)42-33-24-26(2)22-23-31(33)37(4,5)30-20-14-9-15-21-30/h7-21,25-27,31,33H,6,22-24H2,1-5H3/b32-25-/t26?,27-,31?,33?/m1/s1. The minimum absolute atomic E-state index is 0.0854. The summed E-state index contributed by atoms with van der Waals surface area (Å²) in [6.07, 6.45) is 4.27. The average Bonchev–Trinajstić information content (AvgIpc) is 3.00. The lowest BCUT2D eigenvalue weighted by atomic mass is 9.64. The van der Waals surface area contributed by atoms with Gasteiger partial charge in [-0.05, 0) is 49.7 Å². The minimum Gasteiger partial charge on any atom is -0.462 e. The Balaban J connectivity index is 1.64. The van der Waals surface area contributed by atoms with Crippen LogP contribution in [0.5, 0.6) is 0 Å². The Kier molecular flexibility index (Phi) is 10.5. The third-order valence-electron chi connectivity index (χ3n) is 8.36. The van der Waals surface area contributed by atoms with Crippen LogP contribution < -0.4 is 0 Å². The van der Waals surface area contributed by atoms with Gasteiger partial charge >= 0.3 is 11.9 Å². The predicted molar refractivity (Wildman–Crippen MR) is 168 cm³/mol. The molecular formula is C37H43NO4. The van der Waals surface area contributed by atoms with Crippen molar-refractivity contribution >= 4 is 17.7 Å². The van der Waals surface area contributed by atoms with Gasteiger partial charge < -0.3 is 9.47 Å². The smallest absolute Gasteiger partial charge is 0.356 e. The van der Waals surface area contributed by atoms with E-state index in [9.17, 15) is 9.59 Å². The van der Waals surface area contributed by atoms with E-state index in [0.29, 0.717) is 11.6 Å². The van der Waals surface area contributed by atoms with Crippen molar-refractivity contribution in [2.45, 2.75) is 65.4 Å². The maximum absolute atomic E-state index is 13.6. The van der Waals surface area contributed by atoms with Crippen LogP contribution in [-0.4, -0.2) is 30.4 Å². The van der Waals surface area contributed by atoms with E-state index in [2.05, 4.69) is 45.0 Å². The number of rotatable bonds is 10. The normalized spacial score (nSPS) is 19.8. The maximum atomic E-state index is 13.6. The van der Waals surface area contributed by atoms with Crippen LogP contribution in [-0.2, 0) is 24.5 Å². The van der Waals surface area contributed by atoms with Gasteiger partial charge in [-0.3, -0.25) is 4.79 Å². The van der Waals surface area contributed by atoms with Gasteiger partial charge in [-0.25, -0.2) is 9.79 Å². The third-order valence-corrected chi connectivity index (χ3v) is 8.36. The van der Waals surface area contributed by atoms with Crippen molar-refractivity contribution in [2.24, 2.45) is 22.7 Å². The molecule has 0 heterocycles. The van der Waals surface area contributed by atoms with Crippen LogP contribution in [0.2, 0.25) is 0 Å². The van der Waals surface area contributed by atoms with Crippen molar-refractivity contribution in [1.29, 1.82) is 0 Å². The highest BCUT2D eigenvalue weighted by atomic mass is 16.5. The summed E-state index contributed by atoms with van der Waals surface area (Å²) in [6.45, 7) is 10.4. The first kappa shape index (κ1) is 31.0. The molecule has 1 aliphatic rings. The fourth-order valence-corrected chi connectivity index (χ4v) is 5.89. The van der Waals surface area contributed by atoms with E-state index < -0.39 is 11.9 Å². The molecule has 0 radical (unpaired) electrons. The molecular weight excluding hydrogens is 522 g/mol. The number of carbonyl (C=O) groups excluding carboxylic acids is 2. The molecule has 3 aromatic carbocycles. The Bertz CT molecular complexity index is 1340. The van der Waals surface area contributed by atoms with Gasteiger partial charge in [-0.1, -0.05) is 118 Å². The first-order chi connectivity index (χ1) is 20.2. The average molecular weight is 566 g/mol. The van der Waals surface area contributed by atoms with Crippen LogP contribution in [0.3, 0.4) is 0 Å². The summed E-state index contributed by atoms with van der Waals surface area (Å²) in [6, 6.07) is 29.9. The van der Waals surface area contributed by atoms with Gasteiger partial charge in [-0.15, -0.1) is 0 Å². The van der Waals surface area contributed by atoms with Crippen LogP contribution in [0, 0.1) is 17.8 Å². The molecule has 0 N–H and O–H groups in total. The minimum atomic E-state index is -0.696. The number of carbonyl (C=O) groups is 2. The van der Waals surface area contributed by atoms with Crippen LogP contribution >= 0.6 is 0 Å². The summed E-state index contributed by atoms with van der Waals surface area (Å²) < 4.78 is 11.6. The van der Waals surface area contributed by atoms with Crippen LogP contribution in [0.25, 0.3) is 0 Å². The van der Waals surface area contributed by atoms with Crippen LogP contribution in [0.1, 0.15) is 70.6 Å². The van der Waals surface area contributed by atoms with Gasteiger partial charge in [0, 0.05) is 17.0 Å². The molecule has 4 atom stereocenters. The number of aliphatic imine (C=N–C) groups is 1. The Labute approximate surface area is 250 Å². The van der Waals surface area contributed by atoms with Crippen molar-refractivity contribution < 1.29 is 19.1 Å². The second-order valence-electron chi connectivity index (χ2n) is 11.8. The van der Waals surface area contributed by atoms with E-state index in [4.69, 9.17) is 14.5 Å². The molecule has 3 aromatic rings. The third kappa shape index (κ3) is 7.64. The summed E-state index contributed by atoms with van der Waals surface area (Å²) in [5, 5.41) is 0. The quantitative estimate of drug-likeness (QED) is 0.142. The molecule has 0 spiro atoms. The zero-order valence-electron chi connectivity index (χ0n) is 25.5. The molecule has 1 fully saturated rings. The summed E-state index contributed by atoms with van der Waals surface area (Å²) >= 11 is 0. The second kappa shape index (κ2) is 14.3. The van der Waals surface area contributed by atoms with Gasteiger partial charge in [0.05, 0.1) is 18.2 Å². The van der Waals surface area contributed by atoms with Gasteiger partial charge in [0.25, 0.3) is 0 Å². The monoisotopic (exact) mass is 565 g/mol. The molecule has 3 unspecified atom stereocenters. The lowest BCUT2D eigenvalue weighted by molar-refractivity contribution is -0.159. The Morgan fingerprint density at radius 1 is 0.905 bits per heavy atom. The second-order valence-corrected chi connectivity index (χ2v) is 11.8. The van der Waals surface area contributed by atoms with E-state index in [-0.39, 0.29) is 35.7 Å². The first-order valence-electron chi connectivity index (χ1n) is 15.0. The number of benzene rings is 3. The zero-order chi connectivity index (χ0) is 30.1. The number of ether oxygens (including phenoxy) is 2. The molecule has 0 saturated heterocycles. The number of hydrogen-bond acceptors (Lipinski definition) is 5. The van der Waals surface area contributed by atoms with E-state index in [1.54, 1.807) is 19.9 Å². The molecule has 220 valence electrons. The van der Waals surface area contributed by atoms with E-state index in [1.807, 2.05) is 66.7 Å². The van der Waals surface area contributed by atoms with Gasteiger partial charge in [0.2, 0.25) is 0 Å². The number of nitrogens with zero attached hydrogens (tertiary/aromatic N) is 1. The number of hydrogen-bond donors (Lipinski definition) is 0. The molecule has 1 saturated carbocycles. The highest BCUT2D eigenvalue weighted by Gasteiger charge is 2.42. The largest absolute Gasteiger partial charge is 0.462 e. The number of esters is 2. The van der Waals surface area contributed by atoms with Crippen molar-refractivity contribution in [3.63, 3.8) is 0 Å². The van der Waals surface area contributed by atoms with Crippen molar-refractivity contribution in [2.75, 3.05) is 6.61 Å². The van der Waals surface area contributed by atoms with Crippen molar-refractivity contribution in [3.8, 4) is 0 Å². The molecule has 4 rings (SSSR count). The Morgan fingerprint density at radius 2 is 1.45 bits per heavy atom. The highest BCUT2D eigenvalue weighted by molar-refractivity contribution is 6.14. The fourth-order valence-electron chi connectivity index (χ4n) is 5.89. The topological polar surface area (TPSA) is 65.0 Å². The van der Waals surface area contributed by atoms with Gasteiger partial charge in [-0.2, -0.15) is 0 Å². The molecule has 5 heteroatoms. The van der Waals surface area contributed by atoms with Crippen LogP contribution in [0.4, 0.5) is 0 Å². The van der Waals surface area contributed by atoms with Crippen LogP contribution in [0.15, 0.2) is 108 Å². The van der Waals surface area contributed by atoms with E-state index in [1.165, 1.54) is 5.56 Å². The van der Waals surface area contributed by atoms with E-state index in [0.717, 1.165) is 30.4 Å². The highest BCUT2D eigenvalue weighted by Crippen LogP contribution is 2.43. The SMILES string of the molecule is CCOC(=O)/C(=C/[C@@H](C)C(=O)OC1CC(C)CCC1C(C)(C)c1ccccc1)N=C(c1ccccc1)c1ccccc1. The van der Waals surface area contributed by atoms with Crippen molar-refractivity contribution in [3.05, 3.63) is 119 Å². The van der Waals surface area contributed by atoms with Gasteiger partial charge in [0.1, 0.15) is 11.8 Å². The molecule has 0 aromatic heterocycles. The first-order valence-corrected chi connectivity index (χ1v) is 15.0. The van der Waals surface area contributed by atoms with Crippen molar-refractivity contribution in [1.82, 2.24) is 0 Å². The zero-order valence-corrected chi connectivity index (χ0v) is 25.5. The lowest BCUT2D eigenvalue weighted by Gasteiger charge is -2.44. The van der Waals surface area contributed by atoms with Gasteiger partial charge in [0.15, 0.2) is 0 Å². The maximum Gasteiger partial charge on any atom is 0.356 e. The molecule has 0 aliphatic heterocycles. The molecule has 0 amide bonds. The lowest BCUT2D eigenvalue weighted by Crippen LogP contribution is -2.44. The summed E-state index contributed by atoms with van der Waals surface area (Å²) in [5.74, 6) is -0.979. The summed E-state index contributed by atoms with van der Waals surface area (Å²) in [5.41, 5.74) is 3.51.